The molecule has 0 saturated heterocycles. The second-order valence-electron chi connectivity index (χ2n) is 7.91. The summed E-state index contributed by atoms with van der Waals surface area (Å²) in [7, 11) is 0. The minimum atomic E-state index is -0.268. The van der Waals surface area contributed by atoms with Crippen LogP contribution in [0.1, 0.15) is 78.1 Å². The lowest BCUT2D eigenvalue weighted by Gasteiger charge is -2.28. The van der Waals surface area contributed by atoms with Crippen LogP contribution in [0.4, 0.5) is 0 Å². The van der Waals surface area contributed by atoms with E-state index in [-0.39, 0.29) is 24.8 Å². The average Bonchev–Trinajstić information content (AvgIpc) is 2.58. The fourth-order valence-corrected chi connectivity index (χ4v) is 4.03. The Labute approximate surface area is 146 Å². The van der Waals surface area contributed by atoms with Crippen molar-refractivity contribution in [2.24, 2.45) is 23.7 Å². The number of hydrogen-bond acceptors (Lipinski definition) is 4. The van der Waals surface area contributed by atoms with Gasteiger partial charge in [0.15, 0.2) is 0 Å². The van der Waals surface area contributed by atoms with Crippen molar-refractivity contribution in [3.8, 4) is 0 Å². The zero-order valence-electron chi connectivity index (χ0n) is 15.4. The first-order chi connectivity index (χ1) is 11.6. The second kappa shape index (κ2) is 10.0. The van der Waals surface area contributed by atoms with Gasteiger partial charge in [-0.05, 0) is 36.5 Å². The average molecular weight is 338 g/mol. The van der Waals surface area contributed by atoms with Crippen LogP contribution in [0.25, 0.3) is 0 Å². The zero-order valence-corrected chi connectivity index (χ0v) is 15.4. The summed E-state index contributed by atoms with van der Waals surface area (Å²) in [5.41, 5.74) is 0. The lowest BCUT2D eigenvalue weighted by molar-refractivity contribution is -0.152. The molecule has 0 spiro atoms. The van der Waals surface area contributed by atoms with Crippen LogP contribution in [0.2, 0.25) is 0 Å². The molecule has 2 fully saturated rings. The van der Waals surface area contributed by atoms with Crippen molar-refractivity contribution in [1.82, 2.24) is 0 Å². The van der Waals surface area contributed by atoms with Crippen molar-refractivity contribution in [2.75, 3.05) is 13.2 Å². The van der Waals surface area contributed by atoms with Gasteiger partial charge in [-0.1, -0.05) is 52.4 Å². The van der Waals surface area contributed by atoms with E-state index in [0.717, 1.165) is 12.8 Å². The summed E-state index contributed by atoms with van der Waals surface area (Å²) in [5.74, 6) is 1.71. The summed E-state index contributed by atoms with van der Waals surface area (Å²) in [6, 6.07) is 0. The molecule has 0 N–H and O–H groups in total. The molecule has 0 heterocycles. The number of hydrogen-bond donors (Lipinski definition) is 0. The van der Waals surface area contributed by atoms with E-state index in [1.807, 2.05) is 0 Å². The molecule has 0 bridgehead atoms. The summed E-state index contributed by atoms with van der Waals surface area (Å²) in [6.45, 7) is 5.49. The Morgan fingerprint density at radius 3 is 1.46 bits per heavy atom. The molecule has 138 valence electrons. The molecule has 2 saturated carbocycles. The monoisotopic (exact) mass is 338 g/mol. The quantitative estimate of drug-likeness (QED) is 0.641. The van der Waals surface area contributed by atoms with Crippen molar-refractivity contribution in [3.63, 3.8) is 0 Å². The van der Waals surface area contributed by atoms with Gasteiger partial charge >= 0.3 is 11.9 Å². The van der Waals surface area contributed by atoms with Gasteiger partial charge in [0, 0.05) is 0 Å². The molecule has 0 aromatic heterocycles. The van der Waals surface area contributed by atoms with Gasteiger partial charge < -0.3 is 9.47 Å². The van der Waals surface area contributed by atoms with E-state index in [9.17, 15) is 9.59 Å². The van der Waals surface area contributed by atoms with Crippen LogP contribution in [0.5, 0.6) is 0 Å². The Kier molecular flexibility index (Phi) is 8.07. The van der Waals surface area contributed by atoms with E-state index in [1.165, 1.54) is 38.5 Å². The van der Waals surface area contributed by atoms with Crippen LogP contribution >= 0.6 is 0 Å². The number of esters is 2. The highest BCUT2D eigenvalue weighted by atomic mass is 16.5. The van der Waals surface area contributed by atoms with Gasteiger partial charge in [-0.2, -0.15) is 0 Å². The fourth-order valence-electron chi connectivity index (χ4n) is 4.03. The fraction of sp³-hybridized carbons (Fsp3) is 0.900. The summed E-state index contributed by atoms with van der Waals surface area (Å²) >= 11 is 0. The van der Waals surface area contributed by atoms with Crippen LogP contribution < -0.4 is 0 Å². The second-order valence-corrected chi connectivity index (χ2v) is 7.91. The third kappa shape index (κ3) is 6.45. The maximum atomic E-state index is 11.8. The van der Waals surface area contributed by atoms with Crippen molar-refractivity contribution in [1.29, 1.82) is 0 Å². The van der Waals surface area contributed by atoms with Gasteiger partial charge in [0.2, 0.25) is 0 Å². The minimum absolute atomic E-state index is 0.139. The van der Waals surface area contributed by atoms with Crippen LogP contribution in [-0.4, -0.2) is 25.2 Å². The number of carbonyl (C=O) groups is 2. The first kappa shape index (κ1) is 19.3. The SMILES string of the molecule is CC1CCCCC1COC(=O)CCC(=O)OCC1CCCCC1C. The Morgan fingerprint density at radius 2 is 1.08 bits per heavy atom. The molecule has 4 atom stereocenters. The summed E-state index contributed by atoms with van der Waals surface area (Å²) in [5, 5.41) is 0. The van der Waals surface area contributed by atoms with Crippen LogP contribution in [0, 0.1) is 23.7 Å². The number of rotatable bonds is 7. The molecular weight excluding hydrogens is 304 g/mol. The van der Waals surface area contributed by atoms with E-state index in [0.29, 0.717) is 36.9 Å². The maximum Gasteiger partial charge on any atom is 0.306 e. The van der Waals surface area contributed by atoms with Crippen LogP contribution in [-0.2, 0) is 19.1 Å². The van der Waals surface area contributed by atoms with Gasteiger partial charge in [0.05, 0.1) is 26.1 Å². The standard InChI is InChI=1S/C20H34O4/c1-15-7-3-5-9-17(15)13-23-19(21)11-12-20(22)24-14-18-10-6-4-8-16(18)2/h15-18H,3-14H2,1-2H3. The maximum absolute atomic E-state index is 11.8. The van der Waals surface area contributed by atoms with E-state index in [2.05, 4.69) is 13.8 Å². The normalized spacial score (nSPS) is 30.6. The van der Waals surface area contributed by atoms with E-state index in [1.54, 1.807) is 0 Å². The first-order valence-corrected chi connectivity index (χ1v) is 9.87. The molecule has 4 unspecified atom stereocenters. The highest BCUT2D eigenvalue weighted by Crippen LogP contribution is 2.30. The molecule has 0 aromatic carbocycles. The molecule has 2 aliphatic rings. The molecule has 4 nitrogen and oxygen atoms in total. The molecule has 2 aliphatic carbocycles. The molecular formula is C20H34O4. The largest absolute Gasteiger partial charge is 0.465 e. The Bertz CT molecular complexity index is 368. The molecule has 24 heavy (non-hydrogen) atoms. The first-order valence-electron chi connectivity index (χ1n) is 9.87. The van der Waals surface area contributed by atoms with Gasteiger partial charge in [0.25, 0.3) is 0 Å². The summed E-state index contributed by atoms with van der Waals surface area (Å²) < 4.78 is 10.7. The summed E-state index contributed by atoms with van der Waals surface area (Å²) in [4.78, 5) is 23.6. The zero-order chi connectivity index (χ0) is 17.4. The van der Waals surface area contributed by atoms with Crippen molar-refractivity contribution in [2.45, 2.75) is 78.1 Å². The molecule has 0 radical (unpaired) electrons. The van der Waals surface area contributed by atoms with E-state index >= 15 is 0 Å². The highest BCUT2D eigenvalue weighted by molar-refractivity contribution is 5.77. The lowest BCUT2D eigenvalue weighted by Crippen LogP contribution is -2.24. The van der Waals surface area contributed by atoms with Crippen LogP contribution in [0.15, 0.2) is 0 Å². The van der Waals surface area contributed by atoms with E-state index in [4.69, 9.17) is 9.47 Å². The van der Waals surface area contributed by atoms with Crippen LogP contribution in [0.3, 0.4) is 0 Å². The topological polar surface area (TPSA) is 52.6 Å². The van der Waals surface area contributed by atoms with Crippen molar-refractivity contribution >= 4 is 11.9 Å². The van der Waals surface area contributed by atoms with Gasteiger partial charge in [-0.25, -0.2) is 0 Å². The Morgan fingerprint density at radius 1 is 0.708 bits per heavy atom. The predicted molar refractivity (Wildman–Crippen MR) is 93.4 cm³/mol. The molecule has 0 aromatic rings. The van der Waals surface area contributed by atoms with E-state index < -0.39 is 0 Å². The Balaban J connectivity index is 1.56. The number of carbonyl (C=O) groups excluding carboxylic acids is 2. The molecule has 4 heteroatoms. The third-order valence-corrected chi connectivity index (χ3v) is 6.03. The van der Waals surface area contributed by atoms with Gasteiger partial charge in [-0.15, -0.1) is 0 Å². The molecule has 0 amide bonds. The summed E-state index contributed by atoms with van der Waals surface area (Å²) in [6.07, 6.45) is 10.1. The van der Waals surface area contributed by atoms with Gasteiger partial charge in [-0.3, -0.25) is 9.59 Å². The number of ether oxygens (including phenoxy) is 2. The van der Waals surface area contributed by atoms with Crippen molar-refractivity contribution < 1.29 is 19.1 Å². The lowest BCUT2D eigenvalue weighted by atomic mass is 9.81. The van der Waals surface area contributed by atoms with Crippen molar-refractivity contribution in [3.05, 3.63) is 0 Å². The molecule has 0 aliphatic heterocycles. The predicted octanol–water partition coefficient (Wildman–Crippen LogP) is 4.51. The molecule has 2 rings (SSSR count). The highest BCUT2D eigenvalue weighted by Gasteiger charge is 2.24. The smallest absolute Gasteiger partial charge is 0.306 e. The van der Waals surface area contributed by atoms with Gasteiger partial charge in [0.1, 0.15) is 0 Å². The Hall–Kier alpha value is -1.06. The minimum Gasteiger partial charge on any atom is -0.465 e. The third-order valence-electron chi connectivity index (χ3n) is 6.03.